The van der Waals surface area contributed by atoms with Crippen LogP contribution in [-0.4, -0.2) is 76.2 Å². The molecule has 0 aromatic heterocycles. The molecule has 1 saturated carbocycles. The van der Waals surface area contributed by atoms with Gasteiger partial charge in [-0.2, -0.15) is 13.2 Å². The Morgan fingerprint density at radius 3 is 2.52 bits per heavy atom. The predicted octanol–water partition coefficient (Wildman–Crippen LogP) is 3.40. The van der Waals surface area contributed by atoms with E-state index in [1.165, 1.54) is 18.2 Å². The smallest absolute Gasteiger partial charge is 0.416 e. The standard InChI is InChI=1S/C29H41F3O8/c1-2-28(17-33,18-34)19-40-27(38)11-6-4-3-5-10-23-24(26(37)15-25(23)36)13-12-21(35)16-39-22-9-7-8-20(14-22)29(30,31)32/h3,5,7-9,12-14,21,23-26,33-37H,2,4,6,10-11,15-19H2,1H3/b5-3-,13-12+/t21?,23-,24-,25+,26-/m1/s1. The third kappa shape index (κ3) is 10.5. The Kier molecular flexibility index (Phi) is 13.6. The molecule has 0 radical (unpaired) electrons. The summed E-state index contributed by atoms with van der Waals surface area (Å²) in [6.45, 7) is 0.914. The number of aliphatic hydroxyl groups excluding tert-OH is 5. The van der Waals surface area contributed by atoms with Crippen LogP contribution < -0.4 is 4.74 Å². The van der Waals surface area contributed by atoms with Crippen molar-refractivity contribution >= 4 is 5.97 Å². The van der Waals surface area contributed by atoms with Crippen LogP contribution in [0.5, 0.6) is 5.75 Å². The third-order valence-electron chi connectivity index (χ3n) is 7.34. The van der Waals surface area contributed by atoms with Gasteiger partial charge in [-0.15, -0.1) is 0 Å². The van der Waals surface area contributed by atoms with Crippen molar-refractivity contribution in [1.82, 2.24) is 0 Å². The minimum absolute atomic E-state index is 0.0285. The zero-order chi connectivity index (χ0) is 29.8. The van der Waals surface area contributed by atoms with E-state index < -0.39 is 47.4 Å². The molecule has 0 bridgehead atoms. The van der Waals surface area contributed by atoms with Crippen molar-refractivity contribution in [3.63, 3.8) is 0 Å². The van der Waals surface area contributed by atoms with Gasteiger partial charge in [0.05, 0.1) is 36.4 Å². The van der Waals surface area contributed by atoms with Gasteiger partial charge in [0.2, 0.25) is 0 Å². The quantitative estimate of drug-likeness (QED) is 0.115. The van der Waals surface area contributed by atoms with Gasteiger partial charge in [0.1, 0.15) is 25.1 Å². The molecule has 2 rings (SSSR count). The number of halogens is 3. The normalized spacial score (nSPS) is 22.7. The van der Waals surface area contributed by atoms with Gasteiger partial charge in [-0.1, -0.05) is 37.3 Å². The molecule has 1 aromatic carbocycles. The van der Waals surface area contributed by atoms with Gasteiger partial charge in [-0.05, 0) is 49.8 Å². The van der Waals surface area contributed by atoms with Crippen molar-refractivity contribution in [2.24, 2.45) is 17.3 Å². The highest BCUT2D eigenvalue weighted by Gasteiger charge is 2.39. The molecule has 0 saturated heterocycles. The van der Waals surface area contributed by atoms with E-state index in [0.29, 0.717) is 25.7 Å². The van der Waals surface area contributed by atoms with E-state index in [1.807, 2.05) is 12.2 Å². The molecule has 11 heteroatoms. The number of hydrogen-bond acceptors (Lipinski definition) is 8. The molecule has 8 nitrogen and oxygen atoms in total. The number of carbonyl (C=O) groups is 1. The van der Waals surface area contributed by atoms with Gasteiger partial charge in [0.25, 0.3) is 0 Å². The number of hydrogen-bond donors (Lipinski definition) is 5. The van der Waals surface area contributed by atoms with Gasteiger partial charge in [-0.3, -0.25) is 4.79 Å². The molecular formula is C29H41F3O8. The molecule has 0 spiro atoms. The second-order valence-corrected chi connectivity index (χ2v) is 10.3. The Morgan fingerprint density at radius 1 is 1.15 bits per heavy atom. The summed E-state index contributed by atoms with van der Waals surface area (Å²) in [5, 5.41) is 49.8. The Bertz CT molecular complexity index is 953. The maximum absolute atomic E-state index is 12.8. The van der Waals surface area contributed by atoms with E-state index >= 15 is 0 Å². The number of rotatable bonds is 16. The number of carbonyl (C=O) groups excluding carboxylic acids is 1. The molecule has 5 N–H and O–H groups in total. The van der Waals surface area contributed by atoms with Crippen LogP contribution >= 0.6 is 0 Å². The van der Waals surface area contributed by atoms with E-state index in [4.69, 9.17) is 9.47 Å². The zero-order valence-electron chi connectivity index (χ0n) is 22.7. The first-order valence-electron chi connectivity index (χ1n) is 13.5. The average Bonchev–Trinajstić information content (AvgIpc) is 3.20. The molecule has 40 heavy (non-hydrogen) atoms. The SMILES string of the molecule is CCC(CO)(CO)COC(=O)CCC/C=C\C[C@@H]1[C@@H](/C=C/C(O)COc2cccc(C(F)(F)F)c2)[C@H](O)C[C@@H]1O. The summed E-state index contributed by atoms with van der Waals surface area (Å²) < 4.78 is 49.0. The van der Waals surface area contributed by atoms with Gasteiger partial charge >= 0.3 is 12.1 Å². The van der Waals surface area contributed by atoms with E-state index in [2.05, 4.69) is 0 Å². The summed E-state index contributed by atoms with van der Waals surface area (Å²) in [5.74, 6) is -1.18. The van der Waals surface area contributed by atoms with Crippen LogP contribution in [0.15, 0.2) is 48.6 Å². The number of alkyl halides is 3. The zero-order valence-corrected chi connectivity index (χ0v) is 22.7. The Balaban J connectivity index is 1.78. The maximum atomic E-state index is 12.8. The highest BCUT2D eigenvalue weighted by atomic mass is 19.4. The number of allylic oxidation sites excluding steroid dienone is 2. The highest BCUT2D eigenvalue weighted by Crippen LogP contribution is 2.36. The second kappa shape index (κ2) is 16.1. The first kappa shape index (κ1) is 33.8. The van der Waals surface area contributed by atoms with Crippen LogP contribution in [0, 0.1) is 17.3 Å². The van der Waals surface area contributed by atoms with Gasteiger partial charge < -0.3 is 35.0 Å². The molecule has 1 aliphatic carbocycles. The fourth-order valence-corrected chi connectivity index (χ4v) is 4.47. The lowest BCUT2D eigenvalue weighted by Gasteiger charge is -2.27. The van der Waals surface area contributed by atoms with Crippen molar-refractivity contribution in [1.29, 1.82) is 0 Å². The summed E-state index contributed by atoms with van der Waals surface area (Å²) in [6, 6.07) is 4.35. The largest absolute Gasteiger partial charge is 0.491 e. The number of unbranched alkanes of at least 4 members (excludes halogenated alkanes) is 1. The predicted molar refractivity (Wildman–Crippen MR) is 141 cm³/mol. The molecule has 1 unspecified atom stereocenters. The minimum atomic E-state index is -4.50. The number of benzene rings is 1. The number of aliphatic hydroxyl groups is 5. The van der Waals surface area contributed by atoms with E-state index in [1.54, 1.807) is 13.0 Å². The van der Waals surface area contributed by atoms with Gasteiger partial charge in [0, 0.05) is 18.8 Å². The molecule has 0 amide bonds. The van der Waals surface area contributed by atoms with Crippen LogP contribution in [0.3, 0.4) is 0 Å². The Hall–Kier alpha value is -2.44. The lowest BCUT2D eigenvalue weighted by Crippen LogP contribution is -2.35. The molecule has 0 aliphatic heterocycles. The van der Waals surface area contributed by atoms with Crippen molar-refractivity contribution in [3.05, 3.63) is 54.1 Å². The van der Waals surface area contributed by atoms with E-state index in [-0.39, 0.29) is 50.9 Å². The molecule has 1 aromatic rings. The summed E-state index contributed by atoms with van der Waals surface area (Å²) in [4.78, 5) is 12.0. The first-order chi connectivity index (χ1) is 18.9. The van der Waals surface area contributed by atoms with Crippen LogP contribution in [0.2, 0.25) is 0 Å². The molecule has 226 valence electrons. The van der Waals surface area contributed by atoms with Crippen LogP contribution in [-0.2, 0) is 15.7 Å². The summed E-state index contributed by atoms with van der Waals surface area (Å²) >= 11 is 0. The molecule has 0 heterocycles. The first-order valence-corrected chi connectivity index (χ1v) is 13.5. The summed E-state index contributed by atoms with van der Waals surface area (Å²) in [6.07, 6.45) is 1.96. The van der Waals surface area contributed by atoms with E-state index in [9.17, 15) is 43.5 Å². The summed E-state index contributed by atoms with van der Waals surface area (Å²) in [7, 11) is 0. The second-order valence-electron chi connectivity index (χ2n) is 10.3. The maximum Gasteiger partial charge on any atom is 0.416 e. The van der Waals surface area contributed by atoms with Crippen LogP contribution in [0.25, 0.3) is 0 Å². The van der Waals surface area contributed by atoms with Crippen LogP contribution in [0.1, 0.15) is 51.0 Å². The highest BCUT2D eigenvalue weighted by molar-refractivity contribution is 5.69. The average molecular weight is 575 g/mol. The molecule has 1 fully saturated rings. The van der Waals surface area contributed by atoms with E-state index in [0.717, 1.165) is 12.1 Å². The number of esters is 1. The number of ether oxygens (including phenoxy) is 2. The molecule has 5 atom stereocenters. The Labute approximate surface area is 232 Å². The van der Waals surface area contributed by atoms with Crippen molar-refractivity contribution in [2.75, 3.05) is 26.4 Å². The fourth-order valence-electron chi connectivity index (χ4n) is 4.47. The van der Waals surface area contributed by atoms with Crippen molar-refractivity contribution < 1.29 is 53.0 Å². The minimum Gasteiger partial charge on any atom is -0.491 e. The van der Waals surface area contributed by atoms with Crippen molar-refractivity contribution in [3.8, 4) is 5.75 Å². The lowest BCUT2D eigenvalue weighted by atomic mass is 9.88. The monoisotopic (exact) mass is 574 g/mol. The van der Waals surface area contributed by atoms with Crippen LogP contribution in [0.4, 0.5) is 13.2 Å². The van der Waals surface area contributed by atoms with Gasteiger partial charge in [0.15, 0.2) is 0 Å². The topological polar surface area (TPSA) is 137 Å². The summed E-state index contributed by atoms with van der Waals surface area (Å²) in [5.41, 5.74) is -1.69. The van der Waals surface area contributed by atoms with Crippen molar-refractivity contribution in [2.45, 2.75) is 69.9 Å². The fraction of sp³-hybridized carbons (Fsp3) is 0.621. The Morgan fingerprint density at radius 2 is 1.88 bits per heavy atom. The molecule has 1 aliphatic rings. The third-order valence-corrected chi connectivity index (χ3v) is 7.34. The van der Waals surface area contributed by atoms with Gasteiger partial charge in [-0.25, -0.2) is 0 Å². The molecular weight excluding hydrogens is 533 g/mol. The lowest BCUT2D eigenvalue weighted by molar-refractivity contribution is -0.149.